The summed E-state index contributed by atoms with van der Waals surface area (Å²) in [5.74, 6) is 0. The molecule has 5 heteroatoms. The van der Waals surface area contributed by atoms with E-state index in [1.54, 1.807) is 0 Å². The molecular weight excluding hydrogens is 454 g/mol. The van der Waals surface area contributed by atoms with Gasteiger partial charge in [0.2, 0.25) is 0 Å². The van der Waals surface area contributed by atoms with Gasteiger partial charge in [-0.2, -0.15) is 11.2 Å². The van der Waals surface area contributed by atoms with Crippen LogP contribution in [0.3, 0.4) is 0 Å². The molecule has 0 aliphatic heterocycles. The average molecular weight is 500 g/mol. The maximum atomic E-state index is 12.8. The van der Waals surface area contributed by atoms with Gasteiger partial charge in [0.25, 0.3) is 0 Å². The number of carbonyl (C=O) groups is 1. The van der Waals surface area contributed by atoms with Crippen LogP contribution in [0.25, 0.3) is 0 Å². The van der Waals surface area contributed by atoms with Gasteiger partial charge in [0.15, 0.2) is 0 Å². The van der Waals surface area contributed by atoms with Crippen molar-refractivity contribution in [3.8, 4) is 0 Å². The third-order valence-electron chi connectivity index (χ3n) is 6.67. The third kappa shape index (κ3) is 7.14. The van der Waals surface area contributed by atoms with Crippen LogP contribution in [0.2, 0.25) is 16.6 Å². The van der Waals surface area contributed by atoms with Crippen LogP contribution in [-0.2, 0) is 16.7 Å². The monoisotopic (exact) mass is 499 g/mol. The molecule has 1 amide bonds. The molecule has 0 saturated heterocycles. The normalized spacial score (nSPS) is 14.4. The van der Waals surface area contributed by atoms with Crippen molar-refractivity contribution in [2.24, 2.45) is 0 Å². The second kappa shape index (κ2) is 11.3. The summed E-state index contributed by atoms with van der Waals surface area (Å²) in [4.78, 5) is 14.1. The van der Waals surface area contributed by atoms with E-state index in [9.17, 15) is 4.79 Å². The molecule has 0 aromatic heterocycles. The van der Waals surface area contributed by atoms with Crippen molar-refractivity contribution < 1.29 is 9.53 Å². The molecule has 0 fully saturated rings. The Morgan fingerprint density at radius 2 is 1.35 bits per heavy atom. The molecule has 0 saturated carbocycles. The Balaban J connectivity index is 2.39. The van der Waals surface area contributed by atoms with E-state index < -0.39 is 24.5 Å². The zero-order valence-electron chi connectivity index (χ0n) is 22.9. The molecule has 2 aromatic carbocycles. The molecule has 2 rings (SSSR count). The van der Waals surface area contributed by atoms with Crippen LogP contribution in [0.5, 0.6) is 0 Å². The topological polar surface area (TPSA) is 38.3 Å². The summed E-state index contributed by atoms with van der Waals surface area (Å²) in [6.45, 7) is 22.1. The molecule has 34 heavy (non-hydrogen) atoms. The van der Waals surface area contributed by atoms with Gasteiger partial charge in [0.05, 0.1) is 5.54 Å². The fourth-order valence-electron chi connectivity index (χ4n) is 5.20. The molecule has 0 bridgehead atoms. The first-order chi connectivity index (χ1) is 15.7. The SMILES string of the molecule is CC(C)[Si](Sc1ccc(C(C)(Cc2ccccc2)NC(=O)OC(C)(C)C)cc1)(C(C)C)C(C)C. The number of nitrogens with one attached hydrogen (secondary N) is 1. The molecule has 1 N–H and O–H groups in total. The van der Waals surface area contributed by atoms with Crippen molar-refractivity contribution >= 4 is 24.5 Å². The van der Waals surface area contributed by atoms with Crippen LogP contribution >= 0.6 is 11.2 Å². The van der Waals surface area contributed by atoms with E-state index in [1.165, 1.54) is 10.5 Å². The summed E-state index contributed by atoms with van der Waals surface area (Å²) in [5, 5.41) is 3.18. The number of hydrogen-bond donors (Lipinski definition) is 1. The van der Waals surface area contributed by atoms with Crippen LogP contribution < -0.4 is 5.32 Å². The lowest BCUT2D eigenvalue weighted by molar-refractivity contribution is 0.0460. The Bertz CT molecular complexity index is 898. The lowest BCUT2D eigenvalue weighted by Crippen LogP contribution is -2.47. The van der Waals surface area contributed by atoms with Crippen LogP contribution in [0, 0.1) is 0 Å². The molecule has 0 radical (unpaired) electrons. The van der Waals surface area contributed by atoms with Gasteiger partial charge in [0, 0.05) is 4.90 Å². The Labute approximate surface area is 213 Å². The van der Waals surface area contributed by atoms with Crippen LogP contribution in [0.4, 0.5) is 4.79 Å². The van der Waals surface area contributed by atoms with Crippen LogP contribution in [0.15, 0.2) is 59.5 Å². The Hall–Kier alpha value is -1.72. The first-order valence-corrected chi connectivity index (χ1v) is 16.3. The van der Waals surface area contributed by atoms with Crippen molar-refractivity contribution in [3.05, 3.63) is 65.7 Å². The Kier molecular flexibility index (Phi) is 9.51. The molecule has 0 heterocycles. The smallest absolute Gasteiger partial charge is 0.408 e. The zero-order valence-corrected chi connectivity index (χ0v) is 24.7. The Morgan fingerprint density at radius 3 is 1.79 bits per heavy atom. The average Bonchev–Trinajstić information content (AvgIpc) is 2.70. The van der Waals surface area contributed by atoms with Crippen molar-refractivity contribution in [2.75, 3.05) is 0 Å². The van der Waals surface area contributed by atoms with Crippen molar-refractivity contribution in [3.63, 3.8) is 0 Å². The van der Waals surface area contributed by atoms with Gasteiger partial charge in [-0.3, -0.25) is 0 Å². The van der Waals surface area contributed by atoms with E-state index in [2.05, 4.69) is 101 Å². The number of benzene rings is 2. The second-order valence-corrected chi connectivity index (χ2v) is 20.1. The van der Waals surface area contributed by atoms with Gasteiger partial charge < -0.3 is 10.1 Å². The van der Waals surface area contributed by atoms with Crippen molar-refractivity contribution in [1.82, 2.24) is 5.32 Å². The molecule has 1 atom stereocenters. The molecule has 0 aliphatic rings. The predicted molar refractivity (Wildman–Crippen MR) is 150 cm³/mol. The highest BCUT2D eigenvalue weighted by molar-refractivity contribution is 8.29. The second-order valence-electron chi connectivity index (χ2n) is 11.6. The number of carbonyl (C=O) groups excluding carboxylic acids is 1. The fraction of sp³-hybridized carbons (Fsp3) is 0.552. The highest BCUT2D eigenvalue weighted by Gasteiger charge is 2.44. The van der Waals surface area contributed by atoms with E-state index in [0.717, 1.165) is 5.56 Å². The third-order valence-corrected chi connectivity index (χ3v) is 19.0. The summed E-state index contributed by atoms with van der Waals surface area (Å²) in [6.07, 6.45) is 0.289. The minimum atomic E-state index is -1.62. The van der Waals surface area contributed by atoms with Gasteiger partial charge in [0.1, 0.15) is 12.8 Å². The van der Waals surface area contributed by atoms with Crippen LogP contribution in [-0.4, -0.2) is 18.9 Å². The molecule has 2 aromatic rings. The van der Waals surface area contributed by atoms with Gasteiger partial charge in [-0.05, 0) is 74.0 Å². The van der Waals surface area contributed by atoms with Gasteiger partial charge in [-0.25, -0.2) is 4.79 Å². The first kappa shape index (κ1) is 28.5. The van der Waals surface area contributed by atoms with E-state index >= 15 is 0 Å². The minimum Gasteiger partial charge on any atom is -0.444 e. The number of hydrogen-bond acceptors (Lipinski definition) is 3. The predicted octanol–water partition coefficient (Wildman–Crippen LogP) is 8.94. The molecular formula is C29H45NO2SSi. The fourth-order valence-corrected chi connectivity index (χ4v) is 14.3. The van der Waals surface area contributed by atoms with E-state index in [1.807, 2.05) is 39.0 Å². The minimum absolute atomic E-state index is 0.393. The number of rotatable bonds is 9. The van der Waals surface area contributed by atoms with E-state index in [-0.39, 0.29) is 0 Å². The maximum absolute atomic E-state index is 12.8. The van der Waals surface area contributed by atoms with Crippen molar-refractivity contribution in [1.29, 1.82) is 0 Å². The largest absolute Gasteiger partial charge is 0.444 e. The standard InChI is InChI=1S/C29H45NO2SSi/c1-21(2)34(22(3)4,23(5)6)33-26-18-16-25(17-19-26)29(10,20-24-14-12-11-13-15-24)30-27(31)32-28(7,8)9/h11-19,21-23H,20H2,1-10H3,(H,30,31). The number of amides is 1. The van der Waals surface area contributed by atoms with Gasteiger partial charge in [-0.15, -0.1) is 0 Å². The van der Waals surface area contributed by atoms with Crippen LogP contribution in [0.1, 0.15) is 80.4 Å². The zero-order chi connectivity index (χ0) is 25.7. The van der Waals surface area contributed by atoms with Gasteiger partial charge >= 0.3 is 6.09 Å². The number of alkyl carbamates (subject to hydrolysis) is 1. The molecule has 0 aliphatic carbocycles. The number of ether oxygens (including phenoxy) is 1. The molecule has 188 valence electrons. The Morgan fingerprint density at radius 1 is 0.853 bits per heavy atom. The lowest BCUT2D eigenvalue weighted by atomic mass is 9.85. The molecule has 3 nitrogen and oxygen atoms in total. The molecule has 1 unspecified atom stereocenters. The summed E-state index contributed by atoms with van der Waals surface area (Å²) >= 11 is 2.13. The first-order valence-electron chi connectivity index (χ1n) is 12.5. The molecule has 0 spiro atoms. The highest BCUT2D eigenvalue weighted by Crippen LogP contribution is 2.52. The highest BCUT2D eigenvalue weighted by atomic mass is 32.4. The van der Waals surface area contributed by atoms with Gasteiger partial charge in [-0.1, -0.05) is 84.0 Å². The lowest BCUT2D eigenvalue weighted by Gasteiger charge is -2.42. The maximum Gasteiger partial charge on any atom is 0.408 e. The summed E-state index contributed by atoms with van der Waals surface area (Å²) in [6, 6.07) is 19.2. The summed E-state index contributed by atoms with van der Waals surface area (Å²) < 4.78 is 5.61. The van der Waals surface area contributed by atoms with E-state index in [4.69, 9.17) is 4.74 Å². The quantitative estimate of drug-likeness (QED) is 0.350. The summed E-state index contributed by atoms with van der Waals surface area (Å²) in [7, 11) is -1.62. The van der Waals surface area contributed by atoms with E-state index in [0.29, 0.717) is 23.0 Å². The van der Waals surface area contributed by atoms with Crippen molar-refractivity contribution in [2.45, 2.75) is 108 Å². The summed E-state index contributed by atoms with van der Waals surface area (Å²) in [5.41, 5.74) is 3.19.